The maximum absolute atomic E-state index is 6.41. The number of ether oxygens (including phenoxy) is 1. The van der Waals surface area contributed by atoms with E-state index in [1.54, 1.807) is 13.4 Å². The Kier molecular flexibility index (Phi) is 3.74. The van der Waals surface area contributed by atoms with Crippen molar-refractivity contribution < 1.29 is 4.74 Å². The molecule has 0 aliphatic carbocycles. The minimum absolute atomic E-state index is 0.607. The molecule has 0 aliphatic heterocycles. The van der Waals surface area contributed by atoms with Crippen LogP contribution in [0, 0.1) is 0 Å². The van der Waals surface area contributed by atoms with Gasteiger partial charge in [-0.25, -0.2) is 0 Å². The Bertz CT molecular complexity index is 493. The largest absolute Gasteiger partial charge is 0.383 e. The molecule has 0 saturated carbocycles. The zero-order valence-electron chi connectivity index (χ0n) is 10.7. The van der Waals surface area contributed by atoms with E-state index in [2.05, 4.69) is 10.2 Å². The molecular weight excluding hydrogens is 228 g/mol. The van der Waals surface area contributed by atoms with Gasteiger partial charge >= 0.3 is 0 Å². The zero-order valence-corrected chi connectivity index (χ0v) is 10.7. The highest BCUT2D eigenvalue weighted by Crippen LogP contribution is 2.24. The molecular formula is C13H18N4O. The van der Waals surface area contributed by atoms with Crippen LogP contribution in [0.2, 0.25) is 0 Å². The topological polar surface area (TPSA) is 66.0 Å². The summed E-state index contributed by atoms with van der Waals surface area (Å²) in [5, 5.41) is 8.09. The van der Waals surface area contributed by atoms with Gasteiger partial charge in [-0.1, -0.05) is 30.3 Å². The predicted octanol–water partition coefficient (Wildman–Crippen LogP) is 1.15. The molecule has 5 heteroatoms. The fourth-order valence-electron chi connectivity index (χ4n) is 1.92. The van der Waals surface area contributed by atoms with Gasteiger partial charge in [0.05, 0.1) is 12.1 Å². The highest BCUT2D eigenvalue weighted by Gasteiger charge is 2.29. The Morgan fingerprint density at radius 2 is 2.06 bits per heavy atom. The number of rotatable bonds is 5. The SMILES string of the molecule is COCCn1cnnc1C(C)(N)c1ccccc1. The van der Waals surface area contributed by atoms with E-state index < -0.39 is 5.54 Å². The zero-order chi connectivity index (χ0) is 13.0. The van der Waals surface area contributed by atoms with E-state index in [9.17, 15) is 0 Å². The van der Waals surface area contributed by atoms with Crippen LogP contribution in [-0.2, 0) is 16.8 Å². The first-order valence-electron chi connectivity index (χ1n) is 5.88. The predicted molar refractivity (Wildman–Crippen MR) is 69.0 cm³/mol. The van der Waals surface area contributed by atoms with Crippen LogP contribution in [-0.4, -0.2) is 28.5 Å². The number of nitrogens with two attached hydrogens (primary N) is 1. The van der Waals surface area contributed by atoms with Crippen LogP contribution in [0.5, 0.6) is 0 Å². The van der Waals surface area contributed by atoms with Crippen molar-refractivity contribution in [2.75, 3.05) is 13.7 Å². The lowest BCUT2D eigenvalue weighted by molar-refractivity contribution is 0.185. The summed E-state index contributed by atoms with van der Waals surface area (Å²) < 4.78 is 7.00. The van der Waals surface area contributed by atoms with E-state index in [1.165, 1.54) is 0 Å². The normalized spacial score (nSPS) is 14.4. The van der Waals surface area contributed by atoms with Gasteiger partial charge in [-0.05, 0) is 12.5 Å². The van der Waals surface area contributed by atoms with Crippen LogP contribution in [0.4, 0.5) is 0 Å². The number of aromatic nitrogens is 3. The van der Waals surface area contributed by atoms with Crippen LogP contribution >= 0.6 is 0 Å². The van der Waals surface area contributed by atoms with E-state index in [0.717, 1.165) is 11.4 Å². The minimum atomic E-state index is -0.661. The fraction of sp³-hybridized carbons (Fsp3) is 0.385. The van der Waals surface area contributed by atoms with Crippen LogP contribution in [0.3, 0.4) is 0 Å². The van der Waals surface area contributed by atoms with E-state index in [0.29, 0.717) is 13.2 Å². The molecule has 1 atom stereocenters. The first-order chi connectivity index (χ1) is 8.66. The van der Waals surface area contributed by atoms with Crippen molar-refractivity contribution in [2.24, 2.45) is 5.73 Å². The van der Waals surface area contributed by atoms with E-state index in [1.807, 2.05) is 41.8 Å². The Labute approximate surface area is 107 Å². The lowest BCUT2D eigenvalue weighted by atomic mass is 9.92. The number of benzene rings is 1. The Morgan fingerprint density at radius 1 is 1.33 bits per heavy atom. The quantitative estimate of drug-likeness (QED) is 0.859. The van der Waals surface area contributed by atoms with Gasteiger partial charge in [-0.2, -0.15) is 0 Å². The van der Waals surface area contributed by atoms with Crippen LogP contribution < -0.4 is 5.73 Å². The van der Waals surface area contributed by atoms with Crippen LogP contribution in [0.15, 0.2) is 36.7 Å². The minimum Gasteiger partial charge on any atom is -0.383 e. The first-order valence-corrected chi connectivity index (χ1v) is 5.88. The van der Waals surface area contributed by atoms with E-state index in [-0.39, 0.29) is 0 Å². The molecule has 5 nitrogen and oxygen atoms in total. The summed E-state index contributed by atoms with van der Waals surface area (Å²) in [5.41, 5.74) is 6.76. The molecule has 1 unspecified atom stereocenters. The van der Waals surface area contributed by atoms with E-state index >= 15 is 0 Å². The molecule has 0 saturated heterocycles. The van der Waals surface area contributed by atoms with Crippen molar-refractivity contribution in [1.29, 1.82) is 0 Å². The second kappa shape index (κ2) is 5.29. The Morgan fingerprint density at radius 3 is 2.72 bits per heavy atom. The highest BCUT2D eigenvalue weighted by atomic mass is 16.5. The van der Waals surface area contributed by atoms with Crippen molar-refractivity contribution in [2.45, 2.75) is 19.0 Å². The molecule has 18 heavy (non-hydrogen) atoms. The molecule has 0 bridgehead atoms. The second-order valence-corrected chi connectivity index (χ2v) is 4.41. The van der Waals surface area contributed by atoms with Crippen LogP contribution in [0.1, 0.15) is 18.3 Å². The molecule has 0 amide bonds. The van der Waals surface area contributed by atoms with Gasteiger partial charge in [0.1, 0.15) is 6.33 Å². The summed E-state index contributed by atoms with van der Waals surface area (Å²) in [6.45, 7) is 3.24. The molecule has 2 aromatic rings. The fourth-order valence-corrected chi connectivity index (χ4v) is 1.92. The van der Waals surface area contributed by atoms with Crippen molar-refractivity contribution >= 4 is 0 Å². The van der Waals surface area contributed by atoms with Gasteiger partial charge in [0.15, 0.2) is 5.82 Å². The summed E-state index contributed by atoms with van der Waals surface area (Å²) in [6.07, 6.45) is 1.68. The number of methoxy groups -OCH3 is 1. The highest BCUT2D eigenvalue weighted by molar-refractivity contribution is 5.29. The van der Waals surface area contributed by atoms with E-state index in [4.69, 9.17) is 10.5 Å². The maximum Gasteiger partial charge on any atom is 0.157 e. The summed E-state index contributed by atoms with van der Waals surface area (Å²) in [5.74, 6) is 0.741. The second-order valence-electron chi connectivity index (χ2n) is 4.41. The molecule has 2 rings (SSSR count). The van der Waals surface area contributed by atoms with Gasteiger partial charge in [0, 0.05) is 13.7 Å². The monoisotopic (exact) mass is 246 g/mol. The molecule has 1 heterocycles. The average molecular weight is 246 g/mol. The molecule has 1 aromatic heterocycles. The smallest absolute Gasteiger partial charge is 0.157 e. The first kappa shape index (κ1) is 12.7. The lowest BCUT2D eigenvalue weighted by Gasteiger charge is -2.24. The van der Waals surface area contributed by atoms with Gasteiger partial charge < -0.3 is 15.0 Å². The molecule has 0 fully saturated rings. The van der Waals surface area contributed by atoms with Gasteiger partial charge in [-0.3, -0.25) is 0 Å². The molecule has 96 valence electrons. The summed E-state index contributed by atoms with van der Waals surface area (Å²) >= 11 is 0. The Balaban J connectivity index is 2.32. The third-order valence-corrected chi connectivity index (χ3v) is 2.99. The third kappa shape index (κ3) is 2.42. The van der Waals surface area contributed by atoms with Crippen LogP contribution in [0.25, 0.3) is 0 Å². The van der Waals surface area contributed by atoms with Gasteiger partial charge in [-0.15, -0.1) is 10.2 Å². The van der Waals surface area contributed by atoms with Gasteiger partial charge in [0.2, 0.25) is 0 Å². The molecule has 0 aliphatic rings. The number of hydrogen-bond donors (Lipinski definition) is 1. The van der Waals surface area contributed by atoms with Crippen molar-refractivity contribution in [3.63, 3.8) is 0 Å². The molecule has 2 N–H and O–H groups in total. The summed E-state index contributed by atoms with van der Waals surface area (Å²) in [6, 6.07) is 9.90. The van der Waals surface area contributed by atoms with Crippen molar-refractivity contribution in [1.82, 2.24) is 14.8 Å². The summed E-state index contributed by atoms with van der Waals surface area (Å²) in [4.78, 5) is 0. The van der Waals surface area contributed by atoms with Crippen molar-refractivity contribution in [3.05, 3.63) is 48.0 Å². The molecule has 0 radical (unpaired) electrons. The average Bonchev–Trinajstić information content (AvgIpc) is 2.86. The molecule has 1 aromatic carbocycles. The third-order valence-electron chi connectivity index (χ3n) is 2.99. The Hall–Kier alpha value is -1.72. The number of hydrogen-bond acceptors (Lipinski definition) is 4. The summed E-state index contributed by atoms with van der Waals surface area (Å²) in [7, 11) is 1.67. The standard InChI is InChI=1S/C13H18N4O/c1-13(14,11-6-4-3-5-7-11)12-16-15-10-17(12)8-9-18-2/h3-7,10H,8-9,14H2,1-2H3. The molecule has 0 spiro atoms. The maximum atomic E-state index is 6.41. The number of nitrogens with zero attached hydrogens (tertiary/aromatic N) is 3. The van der Waals surface area contributed by atoms with Crippen molar-refractivity contribution in [3.8, 4) is 0 Å². The lowest BCUT2D eigenvalue weighted by Crippen LogP contribution is -2.37. The van der Waals surface area contributed by atoms with Gasteiger partial charge in [0.25, 0.3) is 0 Å².